The SMILES string of the molecule is CCCCC/C=C\C/C=C\C/C=C\CCCCCC(O)C(=O)NC(COC1OC(CO)C(O)C(O)C1OC(=O)CCCCCCCCCCCCCCCCCCC)C(O)/C=C/CCCCCCCCCCC. The summed E-state index contributed by atoms with van der Waals surface area (Å²) in [5, 5.41) is 56.9. The second kappa shape index (κ2) is 50.4. The Hall–Kier alpha value is -2.38. The van der Waals surface area contributed by atoms with Gasteiger partial charge in [-0.3, -0.25) is 9.59 Å². The summed E-state index contributed by atoms with van der Waals surface area (Å²) in [5.41, 5.74) is 0. The Kier molecular flexibility index (Phi) is 47.4. The predicted molar refractivity (Wildman–Crippen MR) is 301 cm³/mol. The van der Waals surface area contributed by atoms with Crippen LogP contribution in [0.15, 0.2) is 48.6 Å². The topological polar surface area (TPSA) is 175 Å². The lowest BCUT2D eigenvalue weighted by Crippen LogP contribution is -2.61. The fourth-order valence-corrected chi connectivity index (χ4v) is 9.36. The van der Waals surface area contributed by atoms with Crippen molar-refractivity contribution < 1.29 is 49.3 Å². The molecule has 0 aromatic carbocycles. The number of amides is 1. The highest BCUT2D eigenvalue weighted by molar-refractivity contribution is 5.80. The summed E-state index contributed by atoms with van der Waals surface area (Å²) in [6.07, 6.45) is 50.1. The third kappa shape index (κ3) is 38.8. The Morgan fingerprint density at radius 3 is 1.44 bits per heavy atom. The Morgan fingerprint density at radius 2 is 0.945 bits per heavy atom. The van der Waals surface area contributed by atoms with E-state index in [9.17, 15) is 35.1 Å². The van der Waals surface area contributed by atoms with Crippen LogP contribution < -0.4 is 5.32 Å². The molecule has 11 nitrogen and oxygen atoms in total. The highest BCUT2D eigenvalue weighted by atomic mass is 16.7. The number of carbonyl (C=O) groups excluding carboxylic acids is 2. The molecule has 1 amide bonds. The molecule has 1 fully saturated rings. The quantitative estimate of drug-likeness (QED) is 0.0195. The Morgan fingerprint density at radius 1 is 0.534 bits per heavy atom. The first-order valence-electron chi connectivity index (χ1n) is 30.4. The normalized spacial score (nSPS) is 19.7. The van der Waals surface area contributed by atoms with Crippen LogP contribution in [0.5, 0.6) is 0 Å². The highest BCUT2D eigenvalue weighted by Gasteiger charge is 2.47. The van der Waals surface area contributed by atoms with E-state index in [1.165, 1.54) is 148 Å². The number of unbranched alkanes of at least 4 members (excludes halogenated alkanes) is 31. The van der Waals surface area contributed by atoms with Crippen LogP contribution in [-0.2, 0) is 23.8 Å². The van der Waals surface area contributed by atoms with Crippen LogP contribution in [0.3, 0.4) is 0 Å². The van der Waals surface area contributed by atoms with E-state index in [1.54, 1.807) is 6.08 Å². The fourth-order valence-electron chi connectivity index (χ4n) is 9.36. The second-order valence-corrected chi connectivity index (χ2v) is 21.1. The lowest BCUT2D eigenvalue weighted by atomic mass is 9.99. The molecule has 1 saturated heterocycles. The molecular weight excluding hydrogens is 919 g/mol. The fraction of sp³-hybridized carbons (Fsp3) is 0.839. The number of rotatable bonds is 51. The minimum atomic E-state index is -1.61. The summed E-state index contributed by atoms with van der Waals surface area (Å²) < 4.78 is 17.6. The predicted octanol–water partition coefficient (Wildman–Crippen LogP) is 14.1. The van der Waals surface area contributed by atoms with E-state index >= 15 is 0 Å². The Bertz CT molecular complexity index is 1370. The molecule has 8 atom stereocenters. The third-order valence-corrected chi connectivity index (χ3v) is 14.2. The summed E-state index contributed by atoms with van der Waals surface area (Å²) in [6.45, 7) is 5.75. The highest BCUT2D eigenvalue weighted by Crippen LogP contribution is 2.26. The van der Waals surface area contributed by atoms with E-state index < -0.39 is 67.4 Å². The van der Waals surface area contributed by atoms with Gasteiger partial charge in [0, 0.05) is 6.42 Å². The molecule has 0 aliphatic carbocycles. The number of ether oxygens (including phenoxy) is 3. The monoisotopic (exact) mass is 1030 g/mol. The lowest BCUT2D eigenvalue weighted by molar-refractivity contribution is -0.305. The number of aliphatic hydroxyl groups excluding tert-OH is 5. The maximum atomic E-state index is 13.4. The number of allylic oxidation sites excluding steroid dienone is 7. The van der Waals surface area contributed by atoms with Crippen molar-refractivity contribution in [3.05, 3.63) is 48.6 Å². The van der Waals surface area contributed by atoms with E-state index in [0.29, 0.717) is 12.8 Å². The van der Waals surface area contributed by atoms with Gasteiger partial charge in [0.2, 0.25) is 5.91 Å². The van der Waals surface area contributed by atoms with Gasteiger partial charge in [-0.1, -0.05) is 249 Å². The largest absolute Gasteiger partial charge is 0.454 e. The molecule has 0 bridgehead atoms. The van der Waals surface area contributed by atoms with Gasteiger partial charge in [0.25, 0.3) is 0 Å². The van der Waals surface area contributed by atoms with Crippen LogP contribution in [0.4, 0.5) is 0 Å². The van der Waals surface area contributed by atoms with Crippen molar-refractivity contribution in [2.45, 2.75) is 320 Å². The molecular formula is C62H113NO10. The number of aliphatic hydroxyl groups is 5. The average Bonchev–Trinajstić information content (AvgIpc) is 3.39. The minimum absolute atomic E-state index is 0.124. The van der Waals surface area contributed by atoms with Crippen molar-refractivity contribution in [1.82, 2.24) is 5.32 Å². The van der Waals surface area contributed by atoms with Gasteiger partial charge >= 0.3 is 5.97 Å². The molecule has 6 N–H and O–H groups in total. The number of carbonyl (C=O) groups is 2. The van der Waals surface area contributed by atoms with Gasteiger partial charge in [-0.25, -0.2) is 0 Å². The van der Waals surface area contributed by atoms with Crippen molar-refractivity contribution in [1.29, 1.82) is 0 Å². The van der Waals surface area contributed by atoms with Crippen molar-refractivity contribution in [2.75, 3.05) is 13.2 Å². The average molecular weight is 1030 g/mol. The van der Waals surface area contributed by atoms with E-state index in [4.69, 9.17) is 14.2 Å². The summed E-state index contributed by atoms with van der Waals surface area (Å²) in [5.74, 6) is -1.21. The zero-order valence-corrected chi connectivity index (χ0v) is 47.0. The number of nitrogens with one attached hydrogen (secondary N) is 1. The van der Waals surface area contributed by atoms with E-state index in [-0.39, 0.29) is 19.4 Å². The van der Waals surface area contributed by atoms with Crippen molar-refractivity contribution in [3.8, 4) is 0 Å². The summed E-state index contributed by atoms with van der Waals surface area (Å²) in [4.78, 5) is 26.5. The van der Waals surface area contributed by atoms with Crippen LogP contribution in [-0.4, -0.2) is 99.6 Å². The third-order valence-electron chi connectivity index (χ3n) is 14.2. The molecule has 8 unspecified atom stereocenters. The van der Waals surface area contributed by atoms with Crippen LogP contribution in [0.2, 0.25) is 0 Å². The summed E-state index contributed by atoms with van der Waals surface area (Å²) in [6, 6.07) is -1.03. The molecule has 1 heterocycles. The van der Waals surface area contributed by atoms with Crippen LogP contribution >= 0.6 is 0 Å². The lowest BCUT2D eigenvalue weighted by Gasteiger charge is -2.41. The van der Waals surface area contributed by atoms with Gasteiger partial charge in [-0.2, -0.15) is 0 Å². The Balaban J connectivity index is 2.70. The molecule has 1 aliphatic heterocycles. The maximum Gasteiger partial charge on any atom is 0.306 e. The van der Waals surface area contributed by atoms with Crippen LogP contribution in [0.1, 0.15) is 271 Å². The second-order valence-electron chi connectivity index (χ2n) is 21.1. The van der Waals surface area contributed by atoms with Gasteiger partial charge in [-0.15, -0.1) is 0 Å². The molecule has 0 radical (unpaired) electrons. The van der Waals surface area contributed by atoms with Crippen LogP contribution in [0, 0.1) is 0 Å². The van der Waals surface area contributed by atoms with E-state index in [0.717, 1.165) is 77.0 Å². The van der Waals surface area contributed by atoms with Gasteiger partial charge in [-0.05, 0) is 64.2 Å². The maximum absolute atomic E-state index is 13.4. The van der Waals surface area contributed by atoms with Gasteiger partial charge in [0.1, 0.15) is 24.4 Å². The van der Waals surface area contributed by atoms with Gasteiger partial charge < -0.3 is 45.1 Å². The van der Waals surface area contributed by atoms with Crippen molar-refractivity contribution in [3.63, 3.8) is 0 Å². The van der Waals surface area contributed by atoms with Crippen LogP contribution in [0.25, 0.3) is 0 Å². The molecule has 426 valence electrons. The zero-order valence-electron chi connectivity index (χ0n) is 47.0. The molecule has 0 spiro atoms. The molecule has 73 heavy (non-hydrogen) atoms. The standard InChI is InChI=1S/C62H113NO10/c1-4-7-10-13-16-19-22-24-26-28-30-32-35-38-41-44-47-50-57(67)73-60-59(69)58(68)56(51-64)72-62(60)71-52-53(54(65)48-45-42-39-36-33-21-18-15-12-9-6-3)63-61(70)55(66)49-46-43-40-37-34-31-29-27-25-23-20-17-14-11-8-5-2/h17,20,25,27,31,34,45,48,53-56,58-60,62,64-66,68-69H,4-16,18-19,21-24,26,28-30,32-33,35-44,46-47,49-52H2,1-3H3,(H,63,70)/b20-17-,27-25-,34-31-,48-45+. The van der Waals surface area contributed by atoms with E-state index in [2.05, 4.69) is 62.5 Å². The number of hydrogen-bond donors (Lipinski definition) is 6. The first-order valence-corrected chi connectivity index (χ1v) is 30.4. The van der Waals surface area contributed by atoms with Crippen molar-refractivity contribution >= 4 is 11.9 Å². The van der Waals surface area contributed by atoms with Gasteiger partial charge in [0.05, 0.1) is 25.4 Å². The zero-order chi connectivity index (χ0) is 53.3. The summed E-state index contributed by atoms with van der Waals surface area (Å²) >= 11 is 0. The minimum Gasteiger partial charge on any atom is -0.454 e. The summed E-state index contributed by atoms with van der Waals surface area (Å²) in [7, 11) is 0. The first kappa shape index (κ1) is 68.6. The number of hydrogen-bond acceptors (Lipinski definition) is 10. The Labute approximate surface area is 446 Å². The van der Waals surface area contributed by atoms with E-state index in [1.807, 2.05) is 6.08 Å². The molecule has 0 aromatic rings. The molecule has 0 saturated carbocycles. The molecule has 1 aliphatic rings. The van der Waals surface area contributed by atoms with Crippen molar-refractivity contribution in [2.24, 2.45) is 0 Å². The smallest absolute Gasteiger partial charge is 0.306 e. The molecule has 1 rings (SSSR count). The van der Waals surface area contributed by atoms with Gasteiger partial charge in [0.15, 0.2) is 12.4 Å². The first-order chi connectivity index (χ1) is 35.7. The molecule has 0 aromatic heterocycles. The molecule has 11 heteroatoms. The number of esters is 1.